The molecule has 4 nitrogen and oxygen atoms in total. The maximum atomic E-state index is 12.6. The largest absolute Gasteiger partial charge is 0.416 e. The normalized spacial score (nSPS) is 13.4. The van der Waals surface area contributed by atoms with Crippen molar-refractivity contribution in [3.63, 3.8) is 0 Å². The fourth-order valence-corrected chi connectivity index (χ4v) is 1.66. The monoisotopic (exact) mass is 285 g/mol. The Labute approximate surface area is 113 Å². The third-order valence-electron chi connectivity index (χ3n) is 2.88. The van der Waals surface area contributed by atoms with E-state index in [1.54, 1.807) is 0 Å². The van der Waals surface area contributed by atoms with Crippen molar-refractivity contribution in [1.29, 1.82) is 0 Å². The van der Waals surface area contributed by atoms with Gasteiger partial charge in [0.2, 0.25) is 11.7 Å². The van der Waals surface area contributed by atoms with Crippen molar-refractivity contribution in [2.45, 2.75) is 32.0 Å². The molecule has 2 aromatic rings. The lowest BCUT2D eigenvalue weighted by atomic mass is 10.1. The van der Waals surface area contributed by atoms with Gasteiger partial charge in [-0.1, -0.05) is 24.2 Å². The van der Waals surface area contributed by atoms with Crippen LogP contribution in [0, 0.1) is 0 Å². The van der Waals surface area contributed by atoms with E-state index in [1.165, 1.54) is 12.1 Å². The summed E-state index contributed by atoms with van der Waals surface area (Å²) in [6.45, 7) is 1.93. The average Bonchev–Trinajstić information content (AvgIpc) is 2.86. The Morgan fingerprint density at radius 3 is 2.75 bits per heavy atom. The molecule has 7 heteroatoms. The molecule has 1 heterocycles. The van der Waals surface area contributed by atoms with E-state index in [0.717, 1.165) is 18.6 Å². The summed E-state index contributed by atoms with van der Waals surface area (Å²) < 4.78 is 42.9. The first-order chi connectivity index (χ1) is 9.40. The van der Waals surface area contributed by atoms with Crippen molar-refractivity contribution in [2.75, 3.05) is 0 Å². The van der Waals surface area contributed by atoms with Crippen LogP contribution < -0.4 is 5.73 Å². The summed E-state index contributed by atoms with van der Waals surface area (Å²) in [6, 6.07) is 4.70. The Bertz CT molecular complexity index is 580. The number of nitrogens with zero attached hydrogens (tertiary/aromatic N) is 2. The Morgan fingerprint density at radius 2 is 2.10 bits per heavy atom. The molecule has 1 aromatic heterocycles. The predicted molar refractivity (Wildman–Crippen MR) is 66.7 cm³/mol. The minimum atomic E-state index is -4.40. The lowest BCUT2D eigenvalue weighted by Crippen LogP contribution is -2.21. The van der Waals surface area contributed by atoms with Gasteiger partial charge in [0.15, 0.2) is 0 Å². The van der Waals surface area contributed by atoms with Gasteiger partial charge in [-0.15, -0.1) is 0 Å². The summed E-state index contributed by atoms with van der Waals surface area (Å²) >= 11 is 0. The zero-order valence-electron chi connectivity index (χ0n) is 10.8. The SMILES string of the molecule is CCC(N)Cc1nc(-c2cccc(C(F)(F)F)c2)no1. The number of rotatable bonds is 4. The highest BCUT2D eigenvalue weighted by Crippen LogP contribution is 2.31. The molecule has 2 N–H and O–H groups in total. The summed E-state index contributed by atoms with van der Waals surface area (Å²) in [5, 5.41) is 3.69. The highest BCUT2D eigenvalue weighted by molar-refractivity contribution is 5.55. The Morgan fingerprint density at radius 1 is 1.35 bits per heavy atom. The van der Waals surface area contributed by atoms with Gasteiger partial charge in [0.05, 0.1) is 5.56 Å². The number of halogens is 3. The van der Waals surface area contributed by atoms with E-state index in [-0.39, 0.29) is 17.4 Å². The molecular weight excluding hydrogens is 271 g/mol. The van der Waals surface area contributed by atoms with Gasteiger partial charge in [0.25, 0.3) is 0 Å². The molecule has 0 fully saturated rings. The number of aromatic nitrogens is 2. The fourth-order valence-electron chi connectivity index (χ4n) is 1.66. The Hall–Kier alpha value is -1.89. The molecule has 0 amide bonds. The molecule has 108 valence electrons. The number of benzene rings is 1. The molecule has 0 saturated heterocycles. The molecule has 1 atom stereocenters. The second-order valence-electron chi connectivity index (χ2n) is 4.46. The quantitative estimate of drug-likeness (QED) is 0.937. The van der Waals surface area contributed by atoms with E-state index >= 15 is 0 Å². The highest BCUT2D eigenvalue weighted by Gasteiger charge is 2.30. The highest BCUT2D eigenvalue weighted by atomic mass is 19.4. The van der Waals surface area contributed by atoms with Crippen molar-refractivity contribution < 1.29 is 17.7 Å². The first kappa shape index (κ1) is 14.5. The van der Waals surface area contributed by atoms with Crippen LogP contribution in [-0.2, 0) is 12.6 Å². The minimum Gasteiger partial charge on any atom is -0.339 e. The van der Waals surface area contributed by atoms with Crippen molar-refractivity contribution in [3.8, 4) is 11.4 Å². The summed E-state index contributed by atoms with van der Waals surface area (Å²) in [5.74, 6) is 0.459. The third-order valence-corrected chi connectivity index (χ3v) is 2.88. The fraction of sp³-hybridized carbons (Fsp3) is 0.385. The van der Waals surface area contributed by atoms with Crippen LogP contribution in [0.4, 0.5) is 13.2 Å². The van der Waals surface area contributed by atoms with Gasteiger partial charge < -0.3 is 10.3 Å². The summed E-state index contributed by atoms with van der Waals surface area (Å²) in [7, 11) is 0. The summed E-state index contributed by atoms with van der Waals surface area (Å²) in [6.07, 6.45) is -3.24. The van der Waals surface area contributed by atoms with Crippen LogP contribution in [-0.4, -0.2) is 16.2 Å². The van der Waals surface area contributed by atoms with Crippen LogP contribution in [0.15, 0.2) is 28.8 Å². The molecule has 0 radical (unpaired) electrons. The van der Waals surface area contributed by atoms with E-state index in [0.29, 0.717) is 12.3 Å². The topological polar surface area (TPSA) is 64.9 Å². The van der Waals surface area contributed by atoms with Crippen LogP contribution >= 0.6 is 0 Å². The smallest absolute Gasteiger partial charge is 0.339 e. The molecule has 1 aromatic carbocycles. The lowest BCUT2D eigenvalue weighted by molar-refractivity contribution is -0.137. The Kier molecular flexibility index (Phi) is 4.08. The van der Waals surface area contributed by atoms with Gasteiger partial charge in [-0.3, -0.25) is 0 Å². The van der Waals surface area contributed by atoms with Gasteiger partial charge in [-0.2, -0.15) is 18.2 Å². The van der Waals surface area contributed by atoms with Crippen molar-refractivity contribution in [3.05, 3.63) is 35.7 Å². The number of hydrogen-bond acceptors (Lipinski definition) is 4. The zero-order valence-corrected chi connectivity index (χ0v) is 10.8. The van der Waals surface area contributed by atoms with E-state index < -0.39 is 11.7 Å². The van der Waals surface area contributed by atoms with Crippen molar-refractivity contribution >= 4 is 0 Å². The first-order valence-electron chi connectivity index (χ1n) is 6.16. The molecule has 0 bridgehead atoms. The number of hydrogen-bond donors (Lipinski definition) is 1. The summed E-state index contributed by atoms with van der Waals surface area (Å²) in [4.78, 5) is 4.07. The van der Waals surface area contributed by atoms with Gasteiger partial charge in [-0.05, 0) is 18.6 Å². The Balaban J connectivity index is 2.24. The van der Waals surface area contributed by atoms with Gasteiger partial charge in [0.1, 0.15) is 0 Å². The van der Waals surface area contributed by atoms with Crippen molar-refractivity contribution in [1.82, 2.24) is 10.1 Å². The van der Waals surface area contributed by atoms with Crippen LogP contribution in [0.5, 0.6) is 0 Å². The second-order valence-corrected chi connectivity index (χ2v) is 4.46. The zero-order chi connectivity index (χ0) is 14.8. The van der Waals surface area contributed by atoms with E-state index in [1.807, 2.05) is 6.92 Å². The number of nitrogens with two attached hydrogens (primary N) is 1. The molecule has 2 rings (SSSR count). The third kappa shape index (κ3) is 3.36. The molecule has 0 saturated carbocycles. The van der Waals surface area contributed by atoms with Crippen molar-refractivity contribution in [2.24, 2.45) is 5.73 Å². The lowest BCUT2D eigenvalue weighted by Gasteiger charge is -2.06. The van der Waals surface area contributed by atoms with Gasteiger partial charge in [-0.25, -0.2) is 0 Å². The predicted octanol–water partition coefficient (Wildman–Crippen LogP) is 3.04. The maximum Gasteiger partial charge on any atom is 0.416 e. The molecule has 20 heavy (non-hydrogen) atoms. The molecule has 0 spiro atoms. The average molecular weight is 285 g/mol. The molecule has 0 aliphatic carbocycles. The van der Waals surface area contributed by atoms with Gasteiger partial charge in [0, 0.05) is 18.0 Å². The summed E-state index contributed by atoms with van der Waals surface area (Å²) in [5.41, 5.74) is 5.28. The van der Waals surface area contributed by atoms with E-state index in [4.69, 9.17) is 10.3 Å². The standard InChI is InChI=1S/C13H14F3N3O/c1-2-10(17)7-11-18-12(19-20-11)8-4-3-5-9(6-8)13(14,15)16/h3-6,10H,2,7,17H2,1H3. The molecular formula is C13H14F3N3O. The molecule has 0 aliphatic heterocycles. The van der Waals surface area contributed by atoms with Gasteiger partial charge >= 0.3 is 6.18 Å². The first-order valence-corrected chi connectivity index (χ1v) is 6.16. The van der Waals surface area contributed by atoms with Crippen LogP contribution in [0.3, 0.4) is 0 Å². The van der Waals surface area contributed by atoms with Crippen LogP contribution in [0.2, 0.25) is 0 Å². The van der Waals surface area contributed by atoms with E-state index in [2.05, 4.69) is 10.1 Å². The molecule has 0 aliphatic rings. The van der Waals surface area contributed by atoms with E-state index in [9.17, 15) is 13.2 Å². The number of alkyl halides is 3. The maximum absolute atomic E-state index is 12.6. The second kappa shape index (κ2) is 5.62. The minimum absolute atomic E-state index is 0.107. The molecule has 1 unspecified atom stereocenters. The van der Waals surface area contributed by atoms with Crippen LogP contribution in [0.1, 0.15) is 24.8 Å². The van der Waals surface area contributed by atoms with Crippen LogP contribution in [0.25, 0.3) is 11.4 Å².